The molecule has 6 heteroatoms. The minimum absolute atomic E-state index is 0.143. The molecule has 0 spiro atoms. The fraction of sp³-hybridized carbons (Fsp3) is 0.158. The van der Waals surface area contributed by atoms with Crippen molar-refractivity contribution in [1.82, 2.24) is 14.8 Å². The molecule has 0 atom stereocenters. The molecule has 6 nitrogen and oxygen atoms in total. The molecule has 3 aromatic rings. The van der Waals surface area contributed by atoms with Crippen molar-refractivity contribution in [2.75, 3.05) is 5.32 Å². The van der Waals surface area contributed by atoms with Crippen LogP contribution >= 0.6 is 0 Å². The highest BCUT2D eigenvalue weighted by molar-refractivity contribution is 5.91. The van der Waals surface area contributed by atoms with Crippen molar-refractivity contribution in [2.45, 2.75) is 19.9 Å². The maximum absolute atomic E-state index is 12.3. The van der Waals surface area contributed by atoms with Crippen LogP contribution in [-0.2, 0) is 17.8 Å². The lowest BCUT2D eigenvalue weighted by atomic mass is 10.1. The monoisotopic (exact) mass is 334 g/mol. The Balaban J connectivity index is 1.80. The summed E-state index contributed by atoms with van der Waals surface area (Å²) in [6.45, 7) is 1.88. The van der Waals surface area contributed by atoms with E-state index in [-0.39, 0.29) is 18.0 Å². The number of para-hydroxylation sites is 1. The molecule has 0 aliphatic heterocycles. The second-order valence-electron chi connectivity index (χ2n) is 5.51. The number of aryl methyl sites for hydroxylation is 1. The third-order valence-electron chi connectivity index (χ3n) is 3.81. The van der Waals surface area contributed by atoms with Crippen molar-refractivity contribution in [3.8, 4) is 11.3 Å². The minimum atomic E-state index is -0.322. The average molecular weight is 334 g/mol. The number of nitrogens with zero attached hydrogens (tertiary/aromatic N) is 3. The molecular weight excluding hydrogens is 316 g/mol. The lowest BCUT2D eigenvalue weighted by Gasteiger charge is -2.11. The Morgan fingerprint density at radius 2 is 1.84 bits per heavy atom. The quantitative estimate of drug-likeness (QED) is 0.778. The summed E-state index contributed by atoms with van der Waals surface area (Å²) in [5, 5.41) is 7.13. The van der Waals surface area contributed by atoms with E-state index in [0.29, 0.717) is 5.69 Å². The number of benzene rings is 1. The van der Waals surface area contributed by atoms with Gasteiger partial charge >= 0.3 is 0 Å². The average Bonchev–Trinajstić information content (AvgIpc) is 2.64. The predicted molar refractivity (Wildman–Crippen MR) is 96.2 cm³/mol. The first-order valence-electron chi connectivity index (χ1n) is 8.03. The first kappa shape index (κ1) is 16.6. The van der Waals surface area contributed by atoms with Gasteiger partial charge in [-0.3, -0.25) is 14.6 Å². The van der Waals surface area contributed by atoms with Crippen LogP contribution in [0.4, 0.5) is 5.69 Å². The molecule has 0 unspecified atom stereocenters. The highest BCUT2D eigenvalue weighted by Gasteiger charge is 2.10. The number of anilines is 1. The highest BCUT2D eigenvalue weighted by atomic mass is 16.2. The fourth-order valence-corrected chi connectivity index (χ4v) is 2.52. The van der Waals surface area contributed by atoms with Gasteiger partial charge in [-0.05, 0) is 36.2 Å². The summed E-state index contributed by atoms with van der Waals surface area (Å²) in [6, 6.07) is 14.3. The van der Waals surface area contributed by atoms with Crippen LogP contribution in [0.1, 0.15) is 12.5 Å². The molecule has 0 saturated heterocycles. The summed E-state index contributed by atoms with van der Waals surface area (Å²) in [4.78, 5) is 28.3. The van der Waals surface area contributed by atoms with Crippen molar-refractivity contribution in [3.05, 3.63) is 76.8 Å². The zero-order chi connectivity index (χ0) is 17.6. The standard InChI is InChI=1S/C19H18N4O2/c1-2-14-5-3-4-6-16(14)21-18(24)13-23-19(25)8-7-17(22-23)15-9-11-20-12-10-15/h3-12H,2,13H2,1H3,(H,21,24). The van der Waals surface area contributed by atoms with Crippen LogP contribution in [0.15, 0.2) is 65.7 Å². The van der Waals surface area contributed by atoms with Gasteiger partial charge in [-0.15, -0.1) is 0 Å². The van der Waals surface area contributed by atoms with Crippen molar-refractivity contribution in [2.24, 2.45) is 0 Å². The summed E-state index contributed by atoms with van der Waals surface area (Å²) in [5.41, 5.74) is 2.93. The molecule has 126 valence electrons. The van der Waals surface area contributed by atoms with Crippen LogP contribution in [0.2, 0.25) is 0 Å². The molecule has 1 amide bonds. The van der Waals surface area contributed by atoms with Gasteiger partial charge in [0, 0.05) is 29.7 Å². The van der Waals surface area contributed by atoms with E-state index in [1.165, 1.54) is 10.7 Å². The number of nitrogens with one attached hydrogen (secondary N) is 1. The van der Waals surface area contributed by atoms with Gasteiger partial charge in [0.2, 0.25) is 5.91 Å². The Bertz CT molecular complexity index is 935. The largest absolute Gasteiger partial charge is 0.324 e. The predicted octanol–water partition coefficient (Wildman–Crippen LogP) is 2.51. The van der Waals surface area contributed by atoms with E-state index in [4.69, 9.17) is 0 Å². The molecule has 1 N–H and O–H groups in total. The molecule has 0 aliphatic carbocycles. The third kappa shape index (κ3) is 3.98. The Morgan fingerprint density at radius 1 is 1.08 bits per heavy atom. The summed E-state index contributed by atoms with van der Waals surface area (Å²) in [6.07, 6.45) is 4.12. The van der Waals surface area contributed by atoms with E-state index in [2.05, 4.69) is 15.4 Å². The van der Waals surface area contributed by atoms with E-state index in [1.807, 2.05) is 31.2 Å². The number of hydrogen-bond donors (Lipinski definition) is 1. The zero-order valence-electron chi connectivity index (χ0n) is 13.8. The van der Waals surface area contributed by atoms with E-state index in [1.54, 1.807) is 30.6 Å². The van der Waals surface area contributed by atoms with Gasteiger partial charge in [-0.1, -0.05) is 25.1 Å². The summed E-state index contributed by atoms with van der Waals surface area (Å²) < 4.78 is 1.17. The summed E-state index contributed by atoms with van der Waals surface area (Å²) in [7, 11) is 0. The first-order chi connectivity index (χ1) is 12.2. The fourth-order valence-electron chi connectivity index (χ4n) is 2.52. The number of rotatable bonds is 5. The number of aromatic nitrogens is 3. The van der Waals surface area contributed by atoms with Gasteiger partial charge in [0.1, 0.15) is 6.54 Å². The molecule has 0 aliphatic rings. The Labute approximate surface area is 145 Å². The highest BCUT2D eigenvalue weighted by Crippen LogP contribution is 2.16. The van der Waals surface area contributed by atoms with Crippen LogP contribution in [0.3, 0.4) is 0 Å². The molecule has 0 bridgehead atoms. The smallest absolute Gasteiger partial charge is 0.267 e. The van der Waals surface area contributed by atoms with Crippen LogP contribution in [0, 0.1) is 0 Å². The summed E-state index contributed by atoms with van der Waals surface area (Å²) in [5.74, 6) is -0.289. The second-order valence-corrected chi connectivity index (χ2v) is 5.51. The van der Waals surface area contributed by atoms with Crippen molar-refractivity contribution < 1.29 is 4.79 Å². The van der Waals surface area contributed by atoms with Crippen molar-refractivity contribution in [1.29, 1.82) is 0 Å². The van der Waals surface area contributed by atoms with Gasteiger partial charge in [0.15, 0.2) is 0 Å². The zero-order valence-corrected chi connectivity index (χ0v) is 13.8. The van der Waals surface area contributed by atoms with Crippen LogP contribution in [-0.4, -0.2) is 20.7 Å². The Kier molecular flexibility index (Phi) is 4.99. The molecular formula is C19H18N4O2. The van der Waals surface area contributed by atoms with Crippen LogP contribution in [0.25, 0.3) is 11.3 Å². The topological polar surface area (TPSA) is 76.9 Å². The van der Waals surface area contributed by atoms with Crippen molar-refractivity contribution in [3.63, 3.8) is 0 Å². The maximum atomic E-state index is 12.3. The number of amides is 1. The van der Waals surface area contributed by atoms with Gasteiger partial charge in [0.05, 0.1) is 5.69 Å². The molecule has 25 heavy (non-hydrogen) atoms. The molecule has 3 rings (SSSR count). The van der Waals surface area contributed by atoms with Gasteiger partial charge in [-0.25, -0.2) is 4.68 Å². The minimum Gasteiger partial charge on any atom is -0.324 e. The normalized spacial score (nSPS) is 10.4. The van der Waals surface area contributed by atoms with E-state index < -0.39 is 0 Å². The maximum Gasteiger partial charge on any atom is 0.267 e. The van der Waals surface area contributed by atoms with E-state index >= 15 is 0 Å². The first-order valence-corrected chi connectivity index (χ1v) is 8.03. The Morgan fingerprint density at radius 3 is 2.60 bits per heavy atom. The molecule has 2 heterocycles. The molecule has 0 saturated carbocycles. The molecule has 2 aromatic heterocycles. The van der Waals surface area contributed by atoms with E-state index in [0.717, 1.165) is 23.2 Å². The van der Waals surface area contributed by atoms with Crippen LogP contribution in [0.5, 0.6) is 0 Å². The van der Waals surface area contributed by atoms with Crippen LogP contribution < -0.4 is 10.9 Å². The lowest BCUT2D eigenvalue weighted by Crippen LogP contribution is -2.29. The summed E-state index contributed by atoms with van der Waals surface area (Å²) >= 11 is 0. The lowest BCUT2D eigenvalue weighted by molar-refractivity contribution is -0.117. The SMILES string of the molecule is CCc1ccccc1NC(=O)Cn1nc(-c2ccncc2)ccc1=O. The number of pyridine rings is 1. The third-order valence-corrected chi connectivity index (χ3v) is 3.81. The second kappa shape index (κ2) is 7.53. The van der Waals surface area contributed by atoms with E-state index in [9.17, 15) is 9.59 Å². The van der Waals surface area contributed by atoms with Gasteiger partial charge < -0.3 is 5.32 Å². The number of carbonyl (C=O) groups excluding carboxylic acids is 1. The number of carbonyl (C=O) groups is 1. The number of hydrogen-bond acceptors (Lipinski definition) is 4. The molecule has 0 fully saturated rings. The Hall–Kier alpha value is -3.28. The molecule has 1 aromatic carbocycles. The molecule has 0 radical (unpaired) electrons. The van der Waals surface area contributed by atoms with Crippen molar-refractivity contribution >= 4 is 11.6 Å². The van der Waals surface area contributed by atoms with Gasteiger partial charge in [0.25, 0.3) is 5.56 Å². The van der Waals surface area contributed by atoms with Gasteiger partial charge in [-0.2, -0.15) is 5.10 Å².